The topological polar surface area (TPSA) is 47.6 Å². The molecule has 0 rings (SSSR count). The van der Waals surface area contributed by atoms with Crippen molar-refractivity contribution in [3.63, 3.8) is 0 Å². The fourth-order valence-corrected chi connectivity index (χ4v) is 4.66. The zero-order valence-corrected chi connectivity index (χ0v) is 18.8. The monoisotopic (exact) mass is 391 g/mol. The van der Waals surface area contributed by atoms with Crippen molar-refractivity contribution in [2.75, 3.05) is 26.0 Å². The molecule has 158 valence electrons. The molecule has 1 N–H and O–H groups in total. The molecular weight excluding hydrogens is 345 g/mol. The molecule has 0 atom stereocenters. The van der Waals surface area contributed by atoms with Crippen molar-refractivity contribution >= 4 is 7.60 Å². The van der Waals surface area contributed by atoms with Crippen LogP contribution in [-0.4, -0.2) is 26.0 Å². The van der Waals surface area contributed by atoms with Crippen molar-refractivity contribution in [1.29, 1.82) is 0 Å². The normalized spacial score (nSPS) is 12.0. The van der Waals surface area contributed by atoms with Crippen LogP contribution in [0.5, 0.6) is 0 Å². The average Bonchev–Trinajstić information content (AvgIpc) is 2.62. The largest absolute Gasteiger partial charge is 0.344 e. The van der Waals surface area contributed by atoms with Crippen LogP contribution in [0.1, 0.15) is 111 Å². The van der Waals surface area contributed by atoms with Gasteiger partial charge in [-0.3, -0.25) is 4.57 Å². The molecule has 0 aliphatic carbocycles. The quantitative estimate of drug-likeness (QED) is 0.165. The van der Waals surface area contributed by atoms with Gasteiger partial charge in [0.05, 0.1) is 19.5 Å². The van der Waals surface area contributed by atoms with Crippen molar-refractivity contribution in [2.45, 2.75) is 111 Å². The summed E-state index contributed by atoms with van der Waals surface area (Å²) in [5.41, 5.74) is 0. The maximum absolute atomic E-state index is 12.3. The third kappa shape index (κ3) is 17.5. The molecule has 0 aromatic carbocycles. The van der Waals surface area contributed by atoms with Crippen LogP contribution in [0.3, 0.4) is 0 Å². The van der Waals surface area contributed by atoms with Gasteiger partial charge in [-0.1, -0.05) is 90.4 Å². The Hall–Kier alpha value is 0.110. The van der Waals surface area contributed by atoms with E-state index in [0.29, 0.717) is 19.5 Å². The molecule has 0 fully saturated rings. The molecule has 0 aliphatic heterocycles. The molecule has 0 saturated carbocycles. The summed E-state index contributed by atoms with van der Waals surface area (Å²) in [6.07, 6.45) is 19.5. The summed E-state index contributed by atoms with van der Waals surface area (Å²) in [7, 11) is -2.92. The Morgan fingerprint density at radius 3 is 1.38 bits per heavy atom. The van der Waals surface area contributed by atoms with Crippen LogP contribution < -0.4 is 5.32 Å². The van der Waals surface area contributed by atoms with Gasteiger partial charge in [-0.15, -0.1) is 0 Å². The lowest BCUT2D eigenvalue weighted by atomic mass is 10.0. The molecule has 0 heterocycles. The van der Waals surface area contributed by atoms with Crippen molar-refractivity contribution < 1.29 is 13.6 Å². The fourth-order valence-electron chi connectivity index (χ4n) is 3.18. The third-order valence-corrected chi connectivity index (χ3v) is 6.58. The zero-order valence-electron chi connectivity index (χ0n) is 17.9. The van der Waals surface area contributed by atoms with E-state index in [-0.39, 0.29) is 0 Å². The lowest BCUT2D eigenvalue weighted by Gasteiger charge is -2.17. The van der Waals surface area contributed by atoms with Gasteiger partial charge in [0.15, 0.2) is 0 Å². The third-order valence-electron chi connectivity index (χ3n) is 4.66. The van der Waals surface area contributed by atoms with Gasteiger partial charge >= 0.3 is 7.60 Å². The fraction of sp³-hybridized carbons (Fsp3) is 1.00. The van der Waals surface area contributed by atoms with Crippen LogP contribution in [0, 0.1) is 0 Å². The van der Waals surface area contributed by atoms with Crippen LogP contribution >= 0.6 is 7.60 Å². The summed E-state index contributed by atoms with van der Waals surface area (Å²) >= 11 is 0. The highest BCUT2D eigenvalue weighted by Crippen LogP contribution is 2.46. The maximum atomic E-state index is 12.3. The van der Waals surface area contributed by atoms with Crippen LogP contribution in [0.15, 0.2) is 0 Å². The van der Waals surface area contributed by atoms with Gasteiger partial charge in [0, 0.05) is 0 Å². The Morgan fingerprint density at radius 2 is 1.00 bits per heavy atom. The lowest BCUT2D eigenvalue weighted by Crippen LogP contribution is -2.19. The zero-order chi connectivity index (χ0) is 19.3. The van der Waals surface area contributed by atoms with Crippen LogP contribution in [-0.2, 0) is 13.6 Å². The van der Waals surface area contributed by atoms with E-state index in [0.717, 1.165) is 13.0 Å². The minimum absolute atomic E-state index is 0.327. The minimum Gasteiger partial charge on any atom is -0.308 e. The van der Waals surface area contributed by atoms with E-state index in [9.17, 15) is 4.57 Å². The number of hydrogen-bond acceptors (Lipinski definition) is 4. The van der Waals surface area contributed by atoms with Gasteiger partial charge in [-0.2, -0.15) is 0 Å². The summed E-state index contributed by atoms with van der Waals surface area (Å²) in [6.45, 7) is 7.72. The lowest BCUT2D eigenvalue weighted by molar-refractivity contribution is 0.218. The molecule has 0 aromatic rings. The standard InChI is InChI=1S/C21H46NO3P/c1-4-7-8-9-10-11-12-13-14-15-16-17-18-19-20-22-21-26(23,24-5-2)25-6-3/h22H,4-21H2,1-3H3. The minimum atomic E-state index is -2.92. The van der Waals surface area contributed by atoms with E-state index in [2.05, 4.69) is 12.2 Å². The van der Waals surface area contributed by atoms with Gasteiger partial charge in [0.2, 0.25) is 0 Å². The Labute approximate surface area is 163 Å². The summed E-state index contributed by atoms with van der Waals surface area (Å²) in [5, 5.41) is 3.23. The molecule has 4 nitrogen and oxygen atoms in total. The molecule has 0 amide bonds. The molecule has 0 bridgehead atoms. The molecule has 0 radical (unpaired) electrons. The average molecular weight is 392 g/mol. The van der Waals surface area contributed by atoms with Gasteiger partial charge in [-0.25, -0.2) is 0 Å². The first-order valence-electron chi connectivity index (χ1n) is 11.3. The van der Waals surface area contributed by atoms with E-state index < -0.39 is 7.60 Å². The highest BCUT2D eigenvalue weighted by atomic mass is 31.2. The van der Waals surface area contributed by atoms with E-state index in [1.54, 1.807) is 0 Å². The molecule has 0 unspecified atom stereocenters. The molecule has 0 spiro atoms. The number of unbranched alkanes of at least 4 members (excludes halogenated alkanes) is 13. The number of hydrogen-bond donors (Lipinski definition) is 1. The van der Waals surface area contributed by atoms with Crippen LogP contribution in [0.4, 0.5) is 0 Å². The van der Waals surface area contributed by atoms with Crippen LogP contribution in [0.2, 0.25) is 0 Å². The predicted molar refractivity (Wildman–Crippen MR) is 114 cm³/mol. The molecule has 5 heteroatoms. The molecule has 0 aliphatic rings. The molecule has 0 saturated heterocycles. The van der Waals surface area contributed by atoms with Gasteiger partial charge in [0.25, 0.3) is 0 Å². The van der Waals surface area contributed by atoms with Crippen molar-refractivity contribution in [3.8, 4) is 0 Å². The smallest absolute Gasteiger partial charge is 0.308 e. The first kappa shape index (κ1) is 26.1. The van der Waals surface area contributed by atoms with Gasteiger partial charge < -0.3 is 14.4 Å². The van der Waals surface area contributed by atoms with E-state index in [1.807, 2.05) is 13.8 Å². The van der Waals surface area contributed by atoms with E-state index >= 15 is 0 Å². The summed E-state index contributed by atoms with van der Waals surface area (Å²) in [4.78, 5) is 0. The Morgan fingerprint density at radius 1 is 0.615 bits per heavy atom. The molecular formula is C21H46NO3P. The first-order chi connectivity index (χ1) is 12.7. The highest BCUT2D eigenvalue weighted by Gasteiger charge is 2.22. The molecule has 26 heavy (non-hydrogen) atoms. The van der Waals surface area contributed by atoms with Crippen molar-refractivity contribution in [3.05, 3.63) is 0 Å². The predicted octanol–water partition coefficient (Wildman–Crippen LogP) is 7.28. The Bertz CT molecular complexity index is 316. The summed E-state index contributed by atoms with van der Waals surface area (Å²) < 4.78 is 22.8. The highest BCUT2D eigenvalue weighted by molar-refractivity contribution is 7.53. The second-order valence-corrected chi connectivity index (χ2v) is 9.26. The number of rotatable bonds is 21. The van der Waals surface area contributed by atoms with Gasteiger partial charge in [-0.05, 0) is 26.8 Å². The first-order valence-corrected chi connectivity index (χ1v) is 13.0. The van der Waals surface area contributed by atoms with Gasteiger partial charge in [0.1, 0.15) is 0 Å². The second-order valence-electron chi connectivity index (χ2n) is 7.20. The Balaban J connectivity index is 3.27. The van der Waals surface area contributed by atoms with Crippen molar-refractivity contribution in [2.24, 2.45) is 0 Å². The summed E-state index contributed by atoms with van der Waals surface area (Å²) in [5.74, 6) is 0. The van der Waals surface area contributed by atoms with Crippen LogP contribution in [0.25, 0.3) is 0 Å². The summed E-state index contributed by atoms with van der Waals surface area (Å²) in [6, 6.07) is 0. The Kier molecular flexibility index (Phi) is 19.9. The molecule has 0 aromatic heterocycles. The number of nitrogens with one attached hydrogen (secondary N) is 1. The SMILES string of the molecule is CCCCCCCCCCCCCCCCNCP(=O)(OCC)OCC. The maximum Gasteiger partial charge on any atom is 0.344 e. The van der Waals surface area contributed by atoms with E-state index in [4.69, 9.17) is 9.05 Å². The van der Waals surface area contributed by atoms with Crippen molar-refractivity contribution in [1.82, 2.24) is 5.32 Å². The van der Waals surface area contributed by atoms with E-state index in [1.165, 1.54) is 83.5 Å². The second kappa shape index (κ2) is 19.9.